The lowest BCUT2D eigenvalue weighted by atomic mass is 9.59. The summed E-state index contributed by atoms with van der Waals surface area (Å²) in [6, 6.07) is 7.32. The number of carbonyl (C=O) groups is 3. The Balaban J connectivity index is 1.37. The summed E-state index contributed by atoms with van der Waals surface area (Å²) in [5.41, 5.74) is -0.138. The molecule has 1 aromatic carbocycles. The maximum Gasteiger partial charge on any atom is 0.258 e. The smallest absolute Gasteiger partial charge is 0.258 e. The third kappa shape index (κ3) is 2.59. The zero-order chi connectivity index (χ0) is 18.6. The van der Waals surface area contributed by atoms with Crippen molar-refractivity contribution in [3.05, 3.63) is 29.8 Å². The standard InChI is InChI=1S/C20H23N3O4/c24-17-11-23(8-7-21-17)19(26)15-9-13-6-5-12(15)10-20(13)22-18(25)14-3-1-2-4-16(14)27-20/h1-4,12-13,15H,5-11H2,(H,21,24)(H,22,25)/t12-,13-,15+,20+/m1/s1. The van der Waals surface area contributed by atoms with Gasteiger partial charge in [-0.25, -0.2) is 0 Å². The van der Waals surface area contributed by atoms with Crippen LogP contribution in [0.5, 0.6) is 5.75 Å². The van der Waals surface area contributed by atoms with Crippen molar-refractivity contribution >= 4 is 17.7 Å². The predicted octanol–water partition coefficient (Wildman–Crippen LogP) is 0.900. The van der Waals surface area contributed by atoms with Gasteiger partial charge in [0.15, 0.2) is 5.72 Å². The summed E-state index contributed by atoms with van der Waals surface area (Å²) in [6.07, 6.45) is 3.25. The molecule has 2 bridgehead atoms. The van der Waals surface area contributed by atoms with Gasteiger partial charge in [0, 0.05) is 31.3 Å². The van der Waals surface area contributed by atoms with E-state index >= 15 is 0 Å². The van der Waals surface area contributed by atoms with Crippen LogP contribution in [0.25, 0.3) is 0 Å². The second kappa shape index (κ2) is 5.97. The molecule has 3 saturated carbocycles. The van der Waals surface area contributed by atoms with E-state index in [0.717, 1.165) is 12.8 Å². The van der Waals surface area contributed by atoms with Crippen LogP contribution in [-0.2, 0) is 9.59 Å². The van der Waals surface area contributed by atoms with E-state index in [1.807, 2.05) is 18.2 Å². The lowest BCUT2D eigenvalue weighted by Gasteiger charge is -2.55. The summed E-state index contributed by atoms with van der Waals surface area (Å²) in [4.78, 5) is 39.0. The number of carbonyl (C=O) groups excluding carboxylic acids is 3. The van der Waals surface area contributed by atoms with E-state index in [9.17, 15) is 14.4 Å². The van der Waals surface area contributed by atoms with Crippen molar-refractivity contribution in [2.45, 2.75) is 31.4 Å². The molecule has 4 atom stereocenters. The molecule has 0 aromatic heterocycles. The first-order chi connectivity index (χ1) is 13.1. The number of hydrogen-bond acceptors (Lipinski definition) is 4. The second-order valence-corrected chi connectivity index (χ2v) is 8.13. The Kier molecular flexibility index (Phi) is 3.67. The van der Waals surface area contributed by atoms with Gasteiger partial charge in [0.2, 0.25) is 11.8 Å². The van der Waals surface area contributed by atoms with Crippen LogP contribution in [0.4, 0.5) is 0 Å². The molecule has 4 fully saturated rings. The number of piperazine rings is 1. The maximum absolute atomic E-state index is 13.0. The van der Waals surface area contributed by atoms with Gasteiger partial charge in [-0.05, 0) is 37.3 Å². The monoisotopic (exact) mass is 369 g/mol. The number of benzene rings is 1. The molecule has 0 unspecified atom stereocenters. The van der Waals surface area contributed by atoms with Crippen LogP contribution in [0, 0.1) is 17.8 Å². The number of ether oxygens (including phenoxy) is 1. The molecule has 3 aliphatic carbocycles. The van der Waals surface area contributed by atoms with Crippen LogP contribution in [-0.4, -0.2) is 48.0 Å². The topological polar surface area (TPSA) is 87.7 Å². The molecule has 3 amide bonds. The maximum atomic E-state index is 13.0. The minimum absolute atomic E-state index is 0.0805. The highest BCUT2D eigenvalue weighted by molar-refractivity contribution is 5.98. The van der Waals surface area contributed by atoms with Gasteiger partial charge < -0.3 is 20.3 Å². The summed E-state index contributed by atoms with van der Waals surface area (Å²) in [5.74, 6) is 0.705. The average Bonchev–Trinajstić information content (AvgIpc) is 2.68. The number of amides is 3. The van der Waals surface area contributed by atoms with Crippen molar-refractivity contribution in [2.24, 2.45) is 17.8 Å². The van der Waals surface area contributed by atoms with Crippen LogP contribution in [0.2, 0.25) is 0 Å². The second-order valence-electron chi connectivity index (χ2n) is 8.13. The van der Waals surface area contributed by atoms with Gasteiger partial charge in [-0.2, -0.15) is 0 Å². The van der Waals surface area contributed by atoms with Crippen molar-refractivity contribution in [1.29, 1.82) is 0 Å². The van der Waals surface area contributed by atoms with Crippen molar-refractivity contribution < 1.29 is 19.1 Å². The first-order valence-electron chi connectivity index (χ1n) is 9.72. The fourth-order valence-electron chi connectivity index (χ4n) is 5.32. The number of nitrogens with zero attached hydrogens (tertiary/aromatic N) is 1. The van der Waals surface area contributed by atoms with Crippen LogP contribution in [0.15, 0.2) is 24.3 Å². The highest BCUT2D eigenvalue weighted by Gasteiger charge is 2.57. The third-order valence-electron chi connectivity index (χ3n) is 6.63. The summed E-state index contributed by atoms with van der Waals surface area (Å²) in [6.45, 7) is 1.24. The molecule has 2 N–H and O–H groups in total. The zero-order valence-electron chi connectivity index (χ0n) is 15.1. The van der Waals surface area contributed by atoms with Crippen LogP contribution >= 0.6 is 0 Å². The Hall–Kier alpha value is -2.57. The van der Waals surface area contributed by atoms with E-state index in [0.29, 0.717) is 37.2 Å². The van der Waals surface area contributed by atoms with Gasteiger partial charge >= 0.3 is 0 Å². The molecular weight excluding hydrogens is 346 g/mol. The fraction of sp³-hybridized carbons (Fsp3) is 0.550. The van der Waals surface area contributed by atoms with Gasteiger partial charge in [0.05, 0.1) is 12.1 Å². The van der Waals surface area contributed by atoms with Gasteiger partial charge in [-0.15, -0.1) is 0 Å². The van der Waals surface area contributed by atoms with Crippen molar-refractivity contribution in [1.82, 2.24) is 15.5 Å². The highest BCUT2D eigenvalue weighted by Crippen LogP contribution is 2.52. The molecule has 7 heteroatoms. The molecule has 1 aromatic rings. The predicted molar refractivity (Wildman–Crippen MR) is 95.8 cm³/mol. The summed E-state index contributed by atoms with van der Waals surface area (Å²) < 4.78 is 6.33. The van der Waals surface area contributed by atoms with Crippen LogP contribution in [0.3, 0.4) is 0 Å². The Morgan fingerprint density at radius 3 is 2.85 bits per heavy atom. The first kappa shape index (κ1) is 16.6. The summed E-state index contributed by atoms with van der Waals surface area (Å²) in [5, 5.41) is 5.88. The molecule has 5 aliphatic rings. The lowest BCUT2D eigenvalue weighted by molar-refractivity contribution is -0.158. The van der Waals surface area contributed by atoms with Gasteiger partial charge in [-0.1, -0.05) is 12.1 Å². The van der Waals surface area contributed by atoms with E-state index in [2.05, 4.69) is 10.6 Å². The number of fused-ring (bicyclic) bond motifs is 3. The zero-order valence-corrected chi connectivity index (χ0v) is 15.1. The summed E-state index contributed by atoms with van der Waals surface area (Å²) in [7, 11) is 0. The normalized spacial score (nSPS) is 34.5. The molecule has 1 spiro atoms. The van der Waals surface area contributed by atoms with E-state index in [1.165, 1.54) is 0 Å². The Bertz CT molecular complexity index is 825. The molecule has 7 nitrogen and oxygen atoms in total. The molecule has 0 radical (unpaired) electrons. The van der Waals surface area contributed by atoms with Gasteiger partial charge in [0.25, 0.3) is 5.91 Å². The average molecular weight is 369 g/mol. The number of nitrogens with one attached hydrogen (secondary N) is 2. The third-order valence-corrected chi connectivity index (χ3v) is 6.63. The van der Waals surface area contributed by atoms with Crippen molar-refractivity contribution in [3.8, 4) is 5.75 Å². The van der Waals surface area contributed by atoms with Gasteiger partial charge in [0.1, 0.15) is 5.75 Å². The number of hydrogen-bond donors (Lipinski definition) is 2. The number of para-hydroxylation sites is 1. The van der Waals surface area contributed by atoms with Crippen molar-refractivity contribution in [3.63, 3.8) is 0 Å². The molecule has 6 rings (SSSR count). The molecular formula is C20H23N3O4. The van der Waals surface area contributed by atoms with Crippen LogP contribution < -0.4 is 15.4 Å². The first-order valence-corrected chi connectivity index (χ1v) is 9.72. The molecule has 1 saturated heterocycles. The van der Waals surface area contributed by atoms with E-state index in [1.54, 1.807) is 11.0 Å². The highest BCUT2D eigenvalue weighted by atomic mass is 16.5. The molecule has 2 heterocycles. The van der Waals surface area contributed by atoms with E-state index in [-0.39, 0.29) is 42.0 Å². The largest absolute Gasteiger partial charge is 0.467 e. The number of rotatable bonds is 1. The fourth-order valence-corrected chi connectivity index (χ4v) is 5.32. The Labute approximate surface area is 157 Å². The van der Waals surface area contributed by atoms with Crippen LogP contribution in [0.1, 0.15) is 36.0 Å². The minimum Gasteiger partial charge on any atom is -0.467 e. The molecule has 142 valence electrons. The van der Waals surface area contributed by atoms with Gasteiger partial charge in [-0.3, -0.25) is 14.4 Å². The molecule has 2 aliphatic heterocycles. The Morgan fingerprint density at radius 1 is 1.22 bits per heavy atom. The summed E-state index contributed by atoms with van der Waals surface area (Å²) >= 11 is 0. The van der Waals surface area contributed by atoms with E-state index < -0.39 is 5.72 Å². The van der Waals surface area contributed by atoms with E-state index in [4.69, 9.17) is 4.74 Å². The Morgan fingerprint density at radius 2 is 2.07 bits per heavy atom. The minimum atomic E-state index is -0.704. The molecule has 27 heavy (non-hydrogen) atoms. The quantitative estimate of drug-likeness (QED) is 0.770. The van der Waals surface area contributed by atoms with Crippen molar-refractivity contribution in [2.75, 3.05) is 19.6 Å². The SMILES string of the molecule is O=C1CN(C(=O)[C@H]2C[C@H]3CC[C@@H]2C[C@@]32NC(=O)c3ccccc3O2)CCN1. The lowest BCUT2D eigenvalue weighted by Crippen LogP contribution is -2.67.